The SMILES string of the molecule is CCOC(=O)c1ccc(-c2cn3ccccc3n2)cc1. The van der Waals surface area contributed by atoms with Crippen molar-refractivity contribution < 1.29 is 9.53 Å². The first-order chi connectivity index (χ1) is 9.78. The summed E-state index contributed by atoms with van der Waals surface area (Å²) in [5.74, 6) is -0.297. The molecule has 0 saturated carbocycles. The summed E-state index contributed by atoms with van der Waals surface area (Å²) in [4.78, 5) is 16.1. The van der Waals surface area contributed by atoms with E-state index in [1.54, 1.807) is 19.1 Å². The quantitative estimate of drug-likeness (QED) is 0.684. The highest BCUT2D eigenvalue weighted by atomic mass is 16.5. The van der Waals surface area contributed by atoms with E-state index in [1.165, 1.54) is 0 Å². The number of carbonyl (C=O) groups excluding carboxylic acids is 1. The molecule has 0 unspecified atom stereocenters. The monoisotopic (exact) mass is 266 g/mol. The Morgan fingerprint density at radius 1 is 1.20 bits per heavy atom. The minimum Gasteiger partial charge on any atom is -0.462 e. The van der Waals surface area contributed by atoms with Crippen molar-refractivity contribution in [3.05, 3.63) is 60.4 Å². The fourth-order valence-electron chi connectivity index (χ4n) is 2.07. The lowest BCUT2D eigenvalue weighted by Gasteiger charge is -2.02. The Bertz CT molecular complexity index is 712. The van der Waals surface area contributed by atoms with Gasteiger partial charge in [0.25, 0.3) is 0 Å². The molecule has 0 aliphatic carbocycles. The molecule has 0 radical (unpaired) electrons. The van der Waals surface area contributed by atoms with Crippen LogP contribution in [0.5, 0.6) is 0 Å². The number of pyridine rings is 1. The van der Waals surface area contributed by atoms with Crippen LogP contribution in [0.2, 0.25) is 0 Å². The Morgan fingerprint density at radius 2 is 2.00 bits per heavy atom. The van der Waals surface area contributed by atoms with Crippen molar-refractivity contribution in [3.63, 3.8) is 0 Å². The van der Waals surface area contributed by atoms with E-state index in [0.29, 0.717) is 12.2 Å². The number of hydrogen-bond donors (Lipinski definition) is 0. The van der Waals surface area contributed by atoms with Gasteiger partial charge in [-0.15, -0.1) is 0 Å². The highest BCUT2D eigenvalue weighted by molar-refractivity contribution is 5.90. The van der Waals surface area contributed by atoms with E-state index in [9.17, 15) is 4.79 Å². The van der Waals surface area contributed by atoms with Gasteiger partial charge in [-0.3, -0.25) is 0 Å². The summed E-state index contributed by atoms with van der Waals surface area (Å²) >= 11 is 0. The maximum absolute atomic E-state index is 11.6. The summed E-state index contributed by atoms with van der Waals surface area (Å²) in [6, 6.07) is 13.2. The summed E-state index contributed by atoms with van der Waals surface area (Å²) in [5, 5.41) is 0. The minimum atomic E-state index is -0.297. The molecular formula is C16H14N2O2. The van der Waals surface area contributed by atoms with E-state index in [4.69, 9.17) is 4.74 Å². The largest absolute Gasteiger partial charge is 0.462 e. The standard InChI is InChI=1S/C16H14N2O2/c1-2-20-16(19)13-8-6-12(7-9-13)14-11-18-10-4-3-5-15(18)17-14/h3-11H,2H2,1H3. The summed E-state index contributed by atoms with van der Waals surface area (Å²) in [6.07, 6.45) is 3.92. The van der Waals surface area contributed by atoms with Gasteiger partial charge in [-0.05, 0) is 31.2 Å². The number of ether oxygens (including phenoxy) is 1. The number of fused-ring (bicyclic) bond motifs is 1. The molecule has 4 nitrogen and oxygen atoms in total. The lowest BCUT2D eigenvalue weighted by atomic mass is 10.1. The molecule has 3 rings (SSSR count). The van der Waals surface area contributed by atoms with Crippen LogP contribution in [-0.4, -0.2) is 22.0 Å². The van der Waals surface area contributed by atoms with Gasteiger partial charge in [-0.25, -0.2) is 9.78 Å². The highest BCUT2D eigenvalue weighted by Crippen LogP contribution is 2.19. The second kappa shape index (κ2) is 5.17. The molecule has 0 spiro atoms. The zero-order valence-corrected chi connectivity index (χ0v) is 11.1. The maximum Gasteiger partial charge on any atom is 0.338 e. The van der Waals surface area contributed by atoms with Crippen molar-refractivity contribution in [2.75, 3.05) is 6.61 Å². The third-order valence-corrected chi connectivity index (χ3v) is 3.06. The van der Waals surface area contributed by atoms with Crippen molar-refractivity contribution in [2.45, 2.75) is 6.92 Å². The summed E-state index contributed by atoms with van der Waals surface area (Å²) < 4.78 is 6.93. The third kappa shape index (κ3) is 2.28. The molecule has 4 heteroatoms. The van der Waals surface area contributed by atoms with Crippen LogP contribution in [0, 0.1) is 0 Å². The van der Waals surface area contributed by atoms with E-state index >= 15 is 0 Å². The van der Waals surface area contributed by atoms with Crippen molar-refractivity contribution >= 4 is 11.6 Å². The fraction of sp³-hybridized carbons (Fsp3) is 0.125. The summed E-state index contributed by atoms with van der Waals surface area (Å²) in [5.41, 5.74) is 3.31. The Kier molecular flexibility index (Phi) is 3.21. The van der Waals surface area contributed by atoms with Crippen LogP contribution >= 0.6 is 0 Å². The average Bonchev–Trinajstić information content (AvgIpc) is 2.91. The van der Waals surface area contributed by atoms with Crippen molar-refractivity contribution in [3.8, 4) is 11.3 Å². The van der Waals surface area contributed by atoms with Gasteiger partial charge in [0, 0.05) is 18.0 Å². The highest BCUT2D eigenvalue weighted by Gasteiger charge is 2.08. The molecule has 0 atom stereocenters. The smallest absolute Gasteiger partial charge is 0.338 e. The Hall–Kier alpha value is -2.62. The topological polar surface area (TPSA) is 43.6 Å². The lowest BCUT2D eigenvalue weighted by Crippen LogP contribution is -2.03. The van der Waals surface area contributed by atoms with Crippen molar-refractivity contribution in [1.29, 1.82) is 0 Å². The molecule has 0 bridgehead atoms. The van der Waals surface area contributed by atoms with Gasteiger partial charge in [0.05, 0.1) is 17.9 Å². The van der Waals surface area contributed by atoms with Crippen molar-refractivity contribution in [2.24, 2.45) is 0 Å². The zero-order chi connectivity index (χ0) is 13.9. The zero-order valence-electron chi connectivity index (χ0n) is 11.1. The van der Waals surface area contributed by atoms with Crippen LogP contribution in [0.25, 0.3) is 16.9 Å². The molecule has 0 N–H and O–H groups in total. The molecule has 2 aromatic heterocycles. The molecule has 0 aliphatic heterocycles. The Balaban J connectivity index is 1.92. The minimum absolute atomic E-state index is 0.297. The average molecular weight is 266 g/mol. The van der Waals surface area contributed by atoms with Crippen LogP contribution in [-0.2, 0) is 4.74 Å². The molecule has 1 aromatic carbocycles. The Labute approximate surface area is 116 Å². The first-order valence-electron chi connectivity index (χ1n) is 6.49. The maximum atomic E-state index is 11.6. The summed E-state index contributed by atoms with van der Waals surface area (Å²) in [7, 11) is 0. The second-order valence-corrected chi connectivity index (χ2v) is 4.39. The lowest BCUT2D eigenvalue weighted by molar-refractivity contribution is 0.0526. The van der Waals surface area contributed by atoms with E-state index in [1.807, 2.05) is 47.1 Å². The third-order valence-electron chi connectivity index (χ3n) is 3.06. The van der Waals surface area contributed by atoms with Gasteiger partial charge in [-0.2, -0.15) is 0 Å². The van der Waals surface area contributed by atoms with E-state index in [2.05, 4.69) is 4.98 Å². The number of nitrogens with zero attached hydrogens (tertiary/aromatic N) is 2. The van der Waals surface area contributed by atoms with Gasteiger partial charge >= 0.3 is 5.97 Å². The van der Waals surface area contributed by atoms with E-state index in [0.717, 1.165) is 16.9 Å². The molecule has 100 valence electrons. The normalized spacial score (nSPS) is 10.7. The van der Waals surface area contributed by atoms with Gasteiger partial charge in [0.15, 0.2) is 0 Å². The number of rotatable bonds is 3. The van der Waals surface area contributed by atoms with Crippen LogP contribution in [0.1, 0.15) is 17.3 Å². The van der Waals surface area contributed by atoms with E-state index in [-0.39, 0.29) is 5.97 Å². The van der Waals surface area contributed by atoms with E-state index < -0.39 is 0 Å². The van der Waals surface area contributed by atoms with Crippen LogP contribution < -0.4 is 0 Å². The second-order valence-electron chi connectivity index (χ2n) is 4.39. The van der Waals surface area contributed by atoms with Crippen LogP contribution in [0.3, 0.4) is 0 Å². The predicted molar refractivity (Wildman–Crippen MR) is 76.6 cm³/mol. The van der Waals surface area contributed by atoms with Gasteiger partial charge in [0.2, 0.25) is 0 Å². The molecule has 0 amide bonds. The number of benzene rings is 1. The number of aromatic nitrogens is 2. The molecule has 0 saturated heterocycles. The van der Waals surface area contributed by atoms with Crippen LogP contribution in [0.4, 0.5) is 0 Å². The van der Waals surface area contributed by atoms with Gasteiger partial charge < -0.3 is 9.14 Å². The predicted octanol–water partition coefficient (Wildman–Crippen LogP) is 3.18. The molecule has 3 aromatic rings. The molecule has 2 heterocycles. The first kappa shape index (κ1) is 12.4. The molecule has 20 heavy (non-hydrogen) atoms. The molecular weight excluding hydrogens is 252 g/mol. The van der Waals surface area contributed by atoms with Gasteiger partial charge in [0.1, 0.15) is 5.65 Å². The number of esters is 1. The Morgan fingerprint density at radius 3 is 2.70 bits per heavy atom. The number of hydrogen-bond acceptors (Lipinski definition) is 3. The summed E-state index contributed by atoms with van der Waals surface area (Å²) in [6.45, 7) is 2.18. The fourth-order valence-corrected chi connectivity index (χ4v) is 2.07. The van der Waals surface area contributed by atoms with Crippen molar-refractivity contribution in [1.82, 2.24) is 9.38 Å². The molecule has 0 aliphatic rings. The number of carbonyl (C=O) groups is 1. The number of imidazole rings is 1. The molecule has 0 fully saturated rings. The van der Waals surface area contributed by atoms with Gasteiger partial charge in [-0.1, -0.05) is 18.2 Å². The van der Waals surface area contributed by atoms with Crippen LogP contribution in [0.15, 0.2) is 54.9 Å². The first-order valence-corrected chi connectivity index (χ1v) is 6.49.